The van der Waals surface area contributed by atoms with Crippen LogP contribution in [0, 0.1) is 12.8 Å². The molecule has 0 saturated carbocycles. The van der Waals surface area contributed by atoms with E-state index in [-0.39, 0.29) is 35.6 Å². The summed E-state index contributed by atoms with van der Waals surface area (Å²) in [4.78, 5) is 0. The molecule has 5 rings (SSSR count). The number of fused-ring (bicyclic) bond motifs is 3. The third-order valence-electron chi connectivity index (χ3n) is 10.5. The van der Waals surface area contributed by atoms with E-state index in [2.05, 4.69) is 147 Å². The molecule has 2 aliphatic rings. The average molecular weight is 727 g/mol. The van der Waals surface area contributed by atoms with Crippen LogP contribution in [0.5, 0.6) is 0 Å². The minimum atomic E-state index is -4.48. The van der Waals surface area contributed by atoms with E-state index < -0.39 is 26.4 Å². The summed E-state index contributed by atoms with van der Waals surface area (Å²) >= 11 is -4.48. The van der Waals surface area contributed by atoms with Gasteiger partial charge in [0.1, 0.15) is 0 Å². The van der Waals surface area contributed by atoms with Crippen molar-refractivity contribution in [1.82, 2.24) is 0 Å². The molecule has 0 bridgehead atoms. The summed E-state index contributed by atoms with van der Waals surface area (Å²) in [6, 6.07) is 21.8. The molecular formula is C40H56Cl2SiZr. The van der Waals surface area contributed by atoms with Crippen molar-refractivity contribution in [1.29, 1.82) is 0 Å². The van der Waals surface area contributed by atoms with Crippen molar-refractivity contribution in [3.8, 4) is 11.1 Å². The Kier molecular flexibility index (Phi) is 9.91. The maximum atomic E-state index is 5.68. The van der Waals surface area contributed by atoms with Crippen molar-refractivity contribution in [3.63, 3.8) is 0 Å². The van der Waals surface area contributed by atoms with Gasteiger partial charge in [-0.25, -0.2) is 0 Å². The van der Waals surface area contributed by atoms with Gasteiger partial charge in [0.25, 0.3) is 0 Å². The van der Waals surface area contributed by atoms with Gasteiger partial charge in [-0.2, -0.15) is 0 Å². The number of halogens is 2. The third-order valence-corrected chi connectivity index (χ3v) is 27.7. The van der Waals surface area contributed by atoms with Crippen LogP contribution in [0.2, 0.25) is 24.3 Å². The van der Waals surface area contributed by atoms with Gasteiger partial charge in [0.15, 0.2) is 0 Å². The fourth-order valence-corrected chi connectivity index (χ4v) is 27.1. The summed E-state index contributed by atoms with van der Waals surface area (Å²) in [6.07, 6.45) is 3.64. The quantitative estimate of drug-likeness (QED) is 0.184. The van der Waals surface area contributed by atoms with Crippen molar-refractivity contribution >= 4 is 43.6 Å². The maximum absolute atomic E-state index is 5.68. The number of benzene rings is 3. The normalized spacial score (nSPS) is 17.0. The van der Waals surface area contributed by atoms with E-state index in [0.29, 0.717) is 5.92 Å². The van der Waals surface area contributed by atoms with E-state index in [1.165, 1.54) is 36.7 Å². The SMILES string of the molecule is Cl.Cl.[CH2]=[Zr]([CH3])([C]1=C(C)C([Si](C)(C)C)=CC1C)([c]1ccc(C)cc1)[c]1c(C(C)(C)C)ccc2c1Cc1cc(C(C)(C)C)ccc1-2. The van der Waals surface area contributed by atoms with Crippen LogP contribution in [0.1, 0.15) is 83.2 Å². The van der Waals surface area contributed by atoms with Crippen molar-refractivity contribution < 1.29 is 18.3 Å². The van der Waals surface area contributed by atoms with Gasteiger partial charge >= 0.3 is 261 Å². The molecule has 238 valence electrons. The molecular weight excluding hydrogens is 671 g/mol. The molecule has 2 aliphatic carbocycles. The van der Waals surface area contributed by atoms with Crippen LogP contribution in [0.3, 0.4) is 0 Å². The van der Waals surface area contributed by atoms with Gasteiger partial charge in [-0.3, -0.25) is 0 Å². The van der Waals surface area contributed by atoms with E-state index in [4.69, 9.17) is 4.21 Å². The van der Waals surface area contributed by atoms with Crippen molar-refractivity contribution in [2.75, 3.05) is 0 Å². The molecule has 0 amide bonds. The summed E-state index contributed by atoms with van der Waals surface area (Å²) in [5.41, 5.74) is 11.8. The van der Waals surface area contributed by atoms with Crippen LogP contribution in [0.25, 0.3) is 11.1 Å². The van der Waals surface area contributed by atoms with Gasteiger partial charge in [0.05, 0.1) is 0 Å². The number of hydrogen-bond acceptors (Lipinski definition) is 0. The van der Waals surface area contributed by atoms with Crippen LogP contribution >= 0.6 is 24.8 Å². The minimum absolute atomic E-state index is 0. The molecule has 0 fully saturated rings. The second kappa shape index (κ2) is 11.7. The van der Waals surface area contributed by atoms with Gasteiger partial charge in [0, 0.05) is 0 Å². The van der Waals surface area contributed by atoms with Crippen molar-refractivity contribution in [2.45, 2.75) is 104 Å². The zero-order chi connectivity index (χ0) is 31.2. The van der Waals surface area contributed by atoms with Crippen molar-refractivity contribution in [2.24, 2.45) is 5.92 Å². The number of allylic oxidation sites excluding steroid dienone is 4. The first kappa shape index (κ1) is 37.2. The van der Waals surface area contributed by atoms with Gasteiger partial charge in [0.2, 0.25) is 0 Å². The second-order valence-corrected chi connectivity index (χ2v) is 36.0. The van der Waals surface area contributed by atoms with E-state index in [0.717, 1.165) is 6.42 Å². The summed E-state index contributed by atoms with van der Waals surface area (Å²) < 4.78 is 13.2. The topological polar surface area (TPSA) is 0 Å². The Balaban J connectivity index is 0.00000264. The molecule has 3 aromatic rings. The summed E-state index contributed by atoms with van der Waals surface area (Å²) in [5, 5.41) is 1.64. The van der Waals surface area contributed by atoms with Crippen LogP contribution in [0.15, 0.2) is 74.7 Å². The molecule has 1 atom stereocenters. The predicted molar refractivity (Wildman–Crippen MR) is 203 cm³/mol. The fraction of sp³-hybridized carbons (Fsp3) is 0.425. The molecule has 0 spiro atoms. The van der Waals surface area contributed by atoms with E-state index in [1.807, 2.05) is 0 Å². The number of aryl methyl sites for hydroxylation is 1. The Morgan fingerprint density at radius 1 is 0.795 bits per heavy atom. The molecule has 3 aromatic carbocycles. The summed E-state index contributed by atoms with van der Waals surface area (Å²) in [5.74, 6) is 0.404. The Hall–Kier alpha value is -1.31. The summed E-state index contributed by atoms with van der Waals surface area (Å²) in [7, 11) is -1.53. The van der Waals surface area contributed by atoms with E-state index in [9.17, 15) is 0 Å². The molecule has 0 saturated heterocycles. The van der Waals surface area contributed by atoms with E-state index >= 15 is 0 Å². The molecule has 1 unspecified atom stereocenters. The Labute approximate surface area is 283 Å². The molecule has 0 heterocycles. The van der Waals surface area contributed by atoms with Gasteiger partial charge in [-0.05, 0) is 0 Å². The fourth-order valence-electron chi connectivity index (χ4n) is 8.46. The second-order valence-electron chi connectivity index (χ2n) is 17.1. The Morgan fingerprint density at radius 2 is 1.36 bits per heavy atom. The molecule has 44 heavy (non-hydrogen) atoms. The standard InChI is InChI=1S/C21H25.C10H17Si.C7H7.CH3.CH2.2ClH.Zr/c1-20(2,3)16-7-9-18-14(12-16)11-15-13-17(21(4,5)6)8-10-19(15)18;1-8-6-9(2)10(7-8)11(3,4)5;1-7-5-3-2-4-6-7;;;;;/h7-10,12H,11H2,1-6H3;7-8H,1-5H3;3-6H,1H3;1H3;1H2;2*1H;. The van der Waals surface area contributed by atoms with Gasteiger partial charge in [-0.15, -0.1) is 24.8 Å². The molecule has 0 aromatic heterocycles. The third kappa shape index (κ3) is 5.85. The monoisotopic (exact) mass is 724 g/mol. The molecule has 0 nitrogen and oxygen atoms in total. The van der Waals surface area contributed by atoms with Gasteiger partial charge in [-0.1, -0.05) is 0 Å². The van der Waals surface area contributed by atoms with Crippen molar-refractivity contribution in [3.05, 3.63) is 103 Å². The zero-order valence-corrected chi connectivity index (χ0v) is 34.7. The Morgan fingerprint density at radius 3 is 1.86 bits per heavy atom. The molecule has 4 heteroatoms. The first-order valence-electron chi connectivity index (χ1n) is 16.0. The number of hydrogen-bond donors (Lipinski definition) is 0. The Bertz CT molecular complexity index is 1730. The van der Waals surface area contributed by atoms with Crippen LogP contribution < -0.4 is 6.54 Å². The predicted octanol–water partition coefficient (Wildman–Crippen LogP) is 10.9. The molecule has 0 radical (unpaired) electrons. The van der Waals surface area contributed by atoms with Crippen LogP contribution in [-0.2, 0) is 35.5 Å². The summed E-state index contributed by atoms with van der Waals surface area (Å²) in [6.45, 7) is 28.9. The zero-order valence-electron chi connectivity index (χ0n) is 29.6. The first-order valence-corrected chi connectivity index (χ1v) is 27.4. The first-order chi connectivity index (χ1) is 19.1. The van der Waals surface area contributed by atoms with E-state index in [1.54, 1.807) is 22.9 Å². The van der Waals surface area contributed by atoms with Gasteiger partial charge < -0.3 is 0 Å². The molecule has 0 aliphatic heterocycles. The van der Waals surface area contributed by atoms with Crippen LogP contribution in [-0.4, -0.2) is 12.3 Å². The van der Waals surface area contributed by atoms with Crippen LogP contribution in [0.4, 0.5) is 0 Å². The average Bonchev–Trinajstić information content (AvgIpc) is 3.39. The number of rotatable bonds is 4. The molecule has 0 N–H and O–H groups in total.